The molecule has 0 aliphatic heterocycles. The number of hydrogen-bond acceptors (Lipinski definition) is 6. The van der Waals surface area contributed by atoms with Gasteiger partial charge in [0.1, 0.15) is 11.8 Å². The molecule has 0 aliphatic carbocycles. The van der Waals surface area contributed by atoms with Crippen LogP contribution in [0.25, 0.3) is 0 Å². The number of hydrogen-bond donors (Lipinski definition) is 3. The normalized spacial score (nSPS) is 13.1. The lowest BCUT2D eigenvalue weighted by Gasteiger charge is -2.24. The number of carbonyl (C=O) groups is 1. The van der Waals surface area contributed by atoms with E-state index in [9.17, 15) is 18.7 Å². The second-order valence-corrected chi connectivity index (χ2v) is 4.11. The molecule has 6 nitrogen and oxygen atoms in total. The topological polar surface area (TPSA) is 106 Å². The van der Waals surface area contributed by atoms with E-state index in [1.807, 2.05) is 0 Å². The van der Waals surface area contributed by atoms with Gasteiger partial charge in [-0.2, -0.15) is 8.78 Å². The third-order valence-corrected chi connectivity index (χ3v) is 2.78. The molecule has 0 radical (unpaired) electrons. The molecule has 1 aromatic heterocycles. The van der Waals surface area contributed by atoms with Crippen LogP contribution >= 0.6 is 0 Å². The first-order valence-corrected chi connectivity index (χ1v) is 5.86. The first-order valence-electron chi connectivity index (χ1n) is 5.86. The van der Waals surface area contributed by atoms with Crippen molar-refractivity contribution in [3.63, 3.8) is 0 Å². The number of pyridine rings is 1. The highest BCUT2D eigenvalue weighted by Crippen LogP contribution is 2.37. The van der Waals surface area contributed by atoms with Gasteiger partial charge in [-0.25, -0.2) is 4.79 Å². The summed E-state index contributed by atoms with van der Waals surface area (Å²) in [4.78, 5) is 15.0. The summed E-state index contributed by atoms with van der Waals surface area (Å²) in [6.45, 7) is 1.89. The number of carbonyl (C=O) groups excluding carboxylic acids is 1. The second-order valence-electron chi connectivity index (χ2n) is 4.11. The molecule has 0 saturated carbocycles. The van der Waals surface area contributed by atoms with Crippen molar-refractivity contribution in [3.05, 3.63) is 23.0 Å². The van der Waals surface area contributed by atoms with E-state index in [1.54, 1.807) is 0 Å². The van der Waals surface area contributed by atoms with Crippen molar-refractivity contribution in [2.75, 3.05) is 6.61 Å². The van der Waals surface area contributed by atoms with Crippen LogP contribution in [0.2, 0.25) is 0 Å². The van der Waals surface area contributed by atoms with Crippen molar-refractivity contribution in [3.8, 4) is 5.75 Å². The summed E-state index contributed by atoms with van der Waals surface area (Å²) in [7, 11) is 0. The van der Waals surface area contributed by atoms with Crippen LogP contribution in [0.5, 0.6) is 5.75 Å². The number of esters is 1. The maximum atomic E-state index is 13.9. The van der Waals surface area contributed by atoms with E-state index in [4.69, 9.17) is 10.8 Å². The van der Waals surface area contributed by atoms with Gasteiger partial charge in [0.2, 0.25) is 0 Å². The molecule has 1 rings (SSSR count). The van der Waals surface area contributed by atoms with Crippen molar-refractivity contribution in [2.45, 2.75) is 32.4 Å². The van der Waals surface area contributed by atoms with E-state index >= 15 is 0 Å². The van der Waals surface area contributed by atoms with Crippen LogP contribution in [0.1, 0.15) is 29.8 Å². The number of nitrogens with zero attached hydrogens (tertiary/aromatic N) is 1. The minimum absolute atomic E-state index is 0.0623. The molecule has 0 spiro atoms. The number of nitrogens with two attached hydrogens (primary N) is 1. The van der Waals surface area contributed by atoms with Gasteiger partial charge in [-0.05, 0) is 13.8 Å². The van der Waals surface area contributed by atoms with Gasteiger partial charge in [-0.15, -0.1) is 0 Å². The van der Waals surface area contributed by atoms with Crippen LogP contribution in [0.15, 0.2) is 6.20 Å². The number of aliphatic hydroxyl groups excluding tert-OH is 1. The predicted octanol–water partition coefficient (Wildman–Crippen LogP) is 0.786. The zero-order chi connectivity index (χ0) is 15.5. The summed E-state index contributed by atoms with van der Waals surface area (Å²) >= 11 is 0. The number of aryl methyl sites for hydroxylation is 1. The molecule has 0 saturated heterocycles. The molecular weight excluding hydrogens is 274 g/mol. The molecule has 112 valence electrons. The monoisotopic (exact) mass is 290 g/mol. The van der Waals surface area contributed by atoms with Crippen LogP contribution < -0.4 is 5.73 Å². The van der Waals surface area contributed by atoms with Gasteiger partial charge in [0.05, 0.1) is 18.9 Å². The number of aromatic hydroxyl groups is 1. The Bertz CT molecular complexity index is 508. The van der Waals surface area contributed by atoms with Gasteiger partial charge in [-0.1, -0.05) is 0 Å². The fourth-order valence-electron chi connectivity index (χ4n) is 1.66. The smallest absolute Gasteiger partial charge is 0.379 e. The maximum Gasteiger partial charge on any atom is 0.379 e. The molecular formula is C12H16F2N2O4. The van der Waals surface area contributed by atoms with E-state index < -0.39 is 35.9 Å². The van der Waals surface area contributed by atoms with Gasteiger partial charge in [0.25, 0.3) is 0 Å². The zero-order valence-corrected chi connectivity index (χ0v) is 11.1. The Hall–Kier alpha value is -1.80. The number of aromatic nitrogens is 1. The van der Waals surface area contributed by atoms with Crippen molar-refractivity contribution < 1.29 is 28.5 Å². The average molecular weight is 290 g/mol. The number of ether oxygens (including phenoxy) is 1. The summed E-state index contributed by atoms with van der Waals surface area (Å²) in [6, 6.07) is -2.15. The van der Waals surface area contributed by atoms with Crippen LogP contribution in [0.4, 0.5) is 8.78 Å². The Balaban J connectivity index is 3.30. The van der Waals surface area contributed by atoms with Crippen LogP contribution in [-0.2, 0) is 16.1 Å². The zero-order valence-electron chi connectivity index (χ0n) is 11.1. The molecule has 1 heterocycles. The molecule has 0 amide bonds. The van der Waals surface area contributed by atoms with Crippen LogP contribution in [0, 0.1) is 6.92 Å². The number of halogens is 2. The van der Waals surface area contributed by atoms with Gasteiger partial charge in [-0.3, -0.25) is 4.98 Å². The maximum absolute atomic E-state index is 13.9. The summed E-state index contributed by atoms with van der Waals surface area (Å²) in [6.07, 6.45) is 1.12. The first kappa shape index (κ1) is 16.3. The minimum atomic E-state index is -4.04. The summed E-state index contributed by atoms with van der Waals surface area (Å²) in [5.41, 5.74) is 4.97. The number of aliphatic hydroxyl groups is 1. The standard InChI is InChI=1S/C12H16F2N2O4/c1-3-20-11(19)12(13,14)10(15)8-7(5-17)4-16-6(2)9(8)18/h4,10,17-18H,3,5,15H2,1-2H3/t10-/m1/s1. The fourth-order valence-corrected chi connectivity index (χ4v) is 1.66. The molecule has 4 N–H and O–H groups in total. The molecule has 20 heavy (non-hydrogen) atoms. The van der Waals surface area contributed by atoms with Crippen LogP contribution in [0.3, 0.4) is 0 Å². The minimum Gasteiger partial charge on any atom is -0.506 e. The largest absolute Gasteiger partial charge is 0.506 e. The Morgan fingerprint density at radius 3 is 2.70 bits per heavy atom. The molecule has 0 unspecified atom stereocenters. The molecule has 0 bridgehead atoms. The summed E-state index contributed by atoms with van der Waals surface area (Å²) in [5, 5.41) is 18.9. The highest BCUT2D eigenvalue weighted by atomic mass is 19.3. The van der Waals surface area contributed by atoms with E-state index in [1.165, 1.54) is 13.8 Å². The quantitative estimate of drug-likeness (QED) is 0.692. The Morgan fingerprint density at radius 1 is 1.60 bits per heavy atom. The third-order valence-electron chi connectivity index (χ3n) is 2.78. The first-order chi connectivity index (χ1) is 9.27. The molecule has 0 aromatic carbocycles. The molecule has 0 fully saturated rings. The summed E-state index contributed by atoms with van der Waals surface area (Å²) < 4.78 is 32.1. The van der Waals surface area contributed by atoms with E-state index in [2.05, 4.69) is 9.72 Å². The van der Waals surface area contributed by atoms with Crippen LogP contribution in [-0.4, -0.2) is 33.7 Å². The van der Waals surface area contributed by atoms with E-state index in [0.29, 0.717) is 0 Å². The third kappa shape index (κ3) is 2.86. The Labute approximate surface area is 114 Å². The van der Waals surface area contributed by atoms with Gasteiger partial charge in [0.15, 0.2) is 0 Å². The Kier molecular flexibility index (Phi) is 4.96. The van der Waals surface area contributed by atoms with Gasteiger partial charge >= 0.3 is 11.9 Å². The van der Waals surface area contributed by atoms with E-state index in [0.717, 1.165) is 6.20 Å². The van der Waals surface area contributed by atoms with E-state index in [-0.39, 0.29) is 17.9 Å². The molecule has 0 aliphatic rings. The van der Waals surface area contributed by atoms with Crippen molar-refractivity contribution >= 4 is 5.97 Å². The fraction of sp³-hybridized carbons (Fsp3) is 0.500. The lowest BCUT2D eigenvalue weighted by Crippen LogP contribution is -2.42. The molecule has 8 heteroatoms. The summed E-state index contributed by atoms with van der Waals surface area (Å²) in [5.74, 6) is -6.40. The highest BCUT2D eigenvalue weighted by molar-refractivity contribution is 5.79. The predicted molar refractivity (Wildman–Crippen MR) is 65.1 cm³/mol. The number of rotatable bonds is 5. The van der Waals surface area contributed by atoms with Crippen molar-refractivity contribution in [1.29, 1.82) is 0 Å². The lowest BCUT2D eigenvalue weighted by molar-refractivity contribution is -0.174. The average Bonchev–Trinajstić information content (AvgIpc) is 2.41. The lowest BCUT2D eigenvalue weighted by atomic mass is 9.96. The van der Waals surface area contributed by atoms with Gasteiger partial charge in [0, 0.05) is 17.3 Å². The Morgan fingerprint density at radius 2 is 2.20 bits per heavy atom. The van der Waals surface area contributed by atoms with Crippen molar-refractivity contribution in [1.82, 2.24) is 4.98 Å². The molecule has 1 atom stereocenters. The molecule has 1 aromatic rings. The SMILES string of the molecule is CCOC(=O)C(F)(F)[C@H](N)c1c(CO)cnc(C)c1O. The highest BCUT2D eigenvalue weighted by Gasteiger charge is 2.49. The van der Waals surface area contributed by atoms with Gasteiger partial charge < -0.3 is 20.7 Å². The van der Waals surface area contributed by atoms with Crippen molar-refractivity contribution in [2.24, 2.45) is 5.73 Å². The second kappa shape index (κ2) is 6.10. The number of alkyl halides is 2.